The maximum absolute atomic E-state index is 12.5. The Morgan fingerprint density at radius 3 is 1.95 bits per heavy atom. The summed E-state index contributed by atoms with van der Waals surface area (Å²) < 4.78 is 5.80. The lowest BCUT2D eigenvalue weighted by Crippen LogP contribution is -2.28. The fourth-order valence-corrected chi connectivity index (χ4v) is 4.07. The third-order valence-corrected chi connectivity index (χ3v) is 6.39. The van der Waals surface area contributed by atoms with E-state index in [1.165, 1.54) is 19.3 Å². The molecule has 1 amide bonds. The molecule has 0 aliphatic rings. The maximum Gasteiger partial charge on any atom is 0.322 e. The van der Waals surface area contributed by atoms with Crippen molar-refractivity contribution in [1.82, 2.24) is 5.32 Å². The summed E-state index contributed by atoms with van der Waals surface area (Å²) in [4.78, 5) is 34.7. The molecule has 41 heavy (non-hydrogen) atoms. The van der Waals surface area contributed by atoms with E-state index in [2.05, 4.69) is 73.8 Å². The summed E-state index contributed by atoms with van der Waals surface area (Å²) in [7, 11) is 0. The summed E-state index contributed by atoms with van der Waals surface area (Å²) in [5.74, 6) is -1.44. The molecule has 0 aliphatic carbocycles. The molecule has 1 atom stereocenters. The summed E-state index contributed by atoms with van der Waals surface area (Å²) in [6.45, 7) is 3.97. The lowest BCUT2D eigenvalue weighted by molar-refractivity contribution is -0.147. The predicted molar refractivity (Wildman–Crippen MR) is 171 cm³/mol. The van der Waals surface area contributed by atoms with Gasteiger partial charge in [0.2, 0.25) is 5.91 Å². The Morgan fingerprint density at radius 1 is 0.683 bits per heavy atom. The summed E-state index contributed by atoms with van der Waals surface area (Å²) >= 11 is 0. The number of carboxylic acid groups (broad SMARTS) is 1. The molecule has 0 fully saturated rings. The van der Waals surface area contributed by atoms with Gasteiger partial charge < -0.3 is 15.2 Å². The van der Waals surface area contributed by atoms with Gasteiger partial charge in [0.25, 0.3) is 0 Å². The number of esters is 1. The Bertz CT molecular complexity index is 809. The fraction of sp³-hybridized carbons (Fsp3) is 0.629. The number of ether oxygens (including phenoxy) is 1. The van der Waals surface area contributed by atoms with E-state index in [-0.39, 0.29) is 24.5 Å². The lowest BCUT2D eigenvalue weighted by Gasteiger charge is -2.14. The molecule has 0 aliphatic heterocycles. The van der Waals surface area contributed by atoms with Crippen molar-refractivity contribution in [2.24, 2.45) is 0 Å². The molecular weight excluding hydrogens is 514 g/mol. The molecule has 0 saturated heterocycles. The highest BCUT2D eigenvalue weighted by molar-refractivity contribution is 5.80. The van der Waals surface area contributed by atoms with Gasteiger partial charge in [0.15, 0.2) is 0 Å². The molecule has 6 nitrogen and oxygen atoms in total. The molecule has 1 unspecified atom stereocenters. The molecule has 6 heteroatoms. The monoisotopic (exact) mass is 571 g/mol. The van der Waals surface area contributed by atoms with Crippen LogP contribution in [-0.2, 0) is 19.1 Å². The smallest absolute Gasteiger partial charge is 0.322 e. The van der Waals surface area contributed by atoms with Gasteiger partial charge in [-0.05, 0) is 76.7 Å². The number of amides is 1. The molecule has 0 aromatic rings. The van der Waals surface area contributed by atoms with Gasteiger partial charge in [-0.1, -0.05) is 101 Å². The number of allylic oxidation sites excluding steroid dienone is 9. The molecule has 0 aromatic heterocycles. The normalized spacial score (nSPS) is 12.8. The van der Waals surface area contributed by atoms with Crippen LogP contribution in [0.4, 0.5) is 0 Å². The summed E-state index contributed by atoms with van der Waals surface area (Å²) in [6.07, 6.45) is 37.7. The molecule has 0 bridgehead atoms. The van der Waals surface area contributed by atoms with Crippen LogP contribution in [-0.4, -0.2) is 35.6 Å². The number of hydrogen-bond acceptors (Lipinski definition) is 4. The minimum Gasteiger partial charge on any atom is -0.480 e. The van der Waals surface area contributed by atoms with E-state index in [0.29, 0.717) is 25.7 Å². The zero-order valence-electron chi connectivity index (χ0n) is 25.9. The average molecular weight is 572 g/mol. The third kappa shape index (κ3) is 29.9. The van der Waals surface area contributed by atoms with Crippen molar-refractivity contribution in [2.75, 3.05) is 6.54 Å². The van der Waals surface area contributed by atoms with Crippen LogP contribution < -0.4 is 5.32 Å². The van der Waals surface area contributed by atoms with Gasteiger partial charge in [0.1, 0.15) is 12.6 Å². The Balaban J connectivity index is 4.43. The van der Waals surface area contributed by atoms with Gasteiger partial charge in [0, 0.05) is 12.8 Å². The number of rotatable bonds is 27. The molecule has 232 valence electrons. The van der Waals surface area contributed by atoms with Gasteiger partial charge in [-0.3, -0.25) is 14.4 Å². The number of carboxylic acids is 1. The van der Waals surface area contributed by atoms with Crippen molar-refractivity contribution in [3.8, 4) is 0 Å². The molecule has 0 rings (SSSR count). The molecule has 0 radical (unpaired) electrons. The first-order valence-electron chi connectivity index (χ1n) is 15.9. The lowest BCUT2D eigenvalue weighted by atomic mass is 10.1. The van der Waals surface area contributed by atoms with E-state index < -0.39 is 5.97 Å². The van der Waals surface area contributed by atoms with E-state index in [9.17, 15) is 14.4 Å². The van der Waals surface area contributed by atoms with Crippen molar-refractivity contribution in [3.05, 3.63) is 60.8 Å². The highest BCUT2D eigenvalue weighted by Gasteiger charge is 2.12. The molecule has 0 spiro atoms. The highest BCUT2D eigenvalue weighted by Crippen LogP contribution is 2.14. The Kier molecular flexibility index (Phi) is 28.0. The van der Waals surface area contributed by atoms with Crippen molar-refractivity contribution >= 4 is 17.8 Å². The van der Waals surface area contributed by atoms with Gasteiger partial charge >= 0.3 is 11.9 Å². The predicted octanol–water partition coefficient (Wildman–Crippen LogP) is 8.94. The first-order chi connectivity index (χ1) is 20.0. The van der Waals surface area contributed by atoms with Crippen LogP contribution in [0.5, 0.6) is 0 Å². The van der Waals surface area contributed by atoms with Crippen LogP contribution in [0.25, 0.3) is 0 Å². The number of carbonyl (C=O) groups is 3. The van der Waals surface area contributed by atoms with Crippen molar-refractivity contribution in [2.45, 2.75) is 136 Å². The van der Waals surface area contributed by atoms with Crippen LogP contribution in [0.2, 0.25) is 0 Å². The van der Waals surface area contributed by atoms with Gasteiger partial charge in [-0.15, -0.1) is 0 Å². The van der Waals surface area contributed by atoms with Crippen molar-refractivity contribution in [1.29, 1.82) is 0 Å². The van der Waals surface area contributed by atoms with Crippen molar-refractivity contribution in [3.63, 3.8) is 0 Å². The zero-order valence-corrected chi connectivity index (χ0v) is 25.9. The van der Waals surface area contributed by atoms with Crippen LogP contribution in [0.15, 0.2) is 60.8 Å². The van der Waals surface area contributed by atoms with Crippen LogP contribution >= 0.6 is 0 Å². The summed E-state index contributed by atoms with van der Waals surface area (Å²) in [6, 6.07) is 0. The second-order valence-electron chi connectivity index (χ2n) is 10.3. The molecular formula is C35H57NO5. The SMILES string of the molecule is CC/C=C\C/C=C\C/C=C\C/C=C\C(CCCCCC(=O)NCC(=O)O)OC(=O)CCCCCCC/C=C\CCC. The van der Waals surface area contributed by atoms with Gasteiger partial charge in [0.05, 0.1) is 0 Å². The molecule has 0 heterocycles. The number of carbonyl (C=O) groups excluding carboxylic acids is 2. The topological polar surface area (TPSA) is 92.7 Å². The van der Waals surface area contributed by atoms with E-state index in [4.69, 9.17) is 9.84 Å². The number of hydrogen-bond donors (Lipinski definition) is 2. The van der Waals surface area contributed by atoms with E-state index >= 15 is 0 Å². The number of nitrogens with one attached hydrogen (secondary N) is 1. The fourth-order valence-electron chi connectivity index (χ4n) is 4.07. The van der Waals surface area contributed by atoms with E-state index in [1.54, 1.807) is 0 Å². The molecule has 2 N–H and O–H groups in total. The first-order valence-corrected chi connectivity index (χ1v) is 15.9. The quantitative estimate of drug-likeness (QED) is 0.0583. The Hall–Kier alpha value is -2.89. The second-order valence-corrected chi connectivity index (χ2v) is 10.3. The van der Waals surface area contributed by atoms with E-state index in [1.807, 2.05) is 6.08 Å². The van der Waals surface area contributed by atoms with Gasteiger partial charge in [-0.2, -0.15) is 0 Å². The van der Waals surface area contributed by atoms with Crippen LogP contribution in [0.3, 0.4) is 0 Å². The highest BCUT2D eigenvalue weighted by atomic mass is 16.5. The second kappa shape index (κ2) is 30.1. The van der Waals surface area contributed by atoms with Crippen molar-refractivity contribution < 1.29 is 24.2 Å². The minimum atomic E-state index is -1.05. The van der Waals surface area contributed by atoms with E-state index in [0.717, 1.165) is 70.6 Å². The van der Waals surface area contributed by atoms with Crippen LogP contribution in [0.1, 0.15) is 129 Å². The molecule has 0 saturated carbocycles. The number of aliphatic carboxylic acids is 1. The maximum atomic E-state index is 12.5. The first kappa shape index (κ1) is 38.1. The Labute approximate surface area is 250 Å². The minimum absolute atomic E-state index is 0.145. The third-order valence-electron chi connectivity index (χ3n) is 6.39. The summed E-state index contributed by atoms with van der Waals surface area (Å²) in [5, 5.41) is 11.0. The summed E-state index contributed by atoms with van der Waals surface area (Å²) in [5.41, 5.74) is 0. The average Bonchev–Trinajstić information content (AvgIpc) is 2.95. The van der Waals surface area contributed by atoms with Gasteiger partial charge in [-0.25, -0.2) is 0 Å². The standard InChI is InChI=1S/C35H57NO5/c1-3-5-7-9-11-13-15-16-18-20-23-27-32(28-24-22-25-29-33(37)36-31-34(38)39)41-35(40)30-26-21-19-17-14-12-10-8-6-4-2/h5,7-8,10-11,13,16,18,23,27,32H,3-4,6,9,12,14-15,17,19-22,24-26,28-31H2,1-2H3,(H,36,37)(H,38,39)/b7-5-,10-8-,13-11-,18-16-,27-23-. The number of unbranched alkanes of at least 4 members (excludes halogenated alkanes) is 8. The largest absolute Gasteiger partial charge is 0.480 e. The Morgan fingerprint density at radius 2 is 1.27 bits per heavy atom. The molecule has 0 aromatic carbocycles. The zero-order chi connectivity index (χ0) is 30.2. The van der Waals surface area contributed by atoms with Crippen LogP contribution in [0, 0.1) is 0 Å².